The van der Waals surface area contributed by atoms with Crippen molar-refractivity contribution in [2.24, 2.45) is 0 Å². The van der Waals surface area contributed by atoms with Crippen LogP contribution in [-0.4, -0.2) is 9.97 Å². The average Bonchev–Trinajstić information content (AvgIpc) is 3.30. The number of nitrogens with zero attached hydrogens (tertiary/aromatic N) is 2. The van der Waals surface area contributed by atoms with E-state index in [-0.39, 0.29) is 0 Å². The van der Waals surface area contributed by atoms with Gasteiger partial charge in [0.25, 0.3) is 0 Å². The third-order valence-electron chi connectivity index (χ3n) is 3.70. The summed E-state index contributed by atoms with van der Waals surface area (Å²) in [5, 5.41) is 3.37. The van der Waals surface area contributed by atoms with Gasteiger partial charge in [-0.3, -0.25) is 0 Å². The second kappa shape index (κ2) is 6.56. The van der Waals surface area contributed by atoms with Crippen LogP contribution in [0.25, 0.3) is 0 Å². The molecule has 3 nitrogen and oxygen atoms in total. The first-order chi connectivity index (χ1) is 10.2. The molecule has 0 radical (unpaired) electrons. The zero-order chi connectivity index (χ0) is 14.7. The molecule has 4 heteroatoms. The summed E-state index contributed by atoms with van der Waals surface area (Å²) in [7, 11) is 0. The number of rotatable bonds is 6. The van der Waals surface area contributed by atoms with Gasteiger partial charge in [-0.2, -0.15) is 0 Å². The van der Waals surface area contributed by atoms with Crippen molar-refractivity contribution in [2.75, 3.05) is 5.32 Å². The third kappa shape index (κ3) is 4.03. The lowest BCUT2D eigenvalue weighted by Gasteiger charge is -2.08. The molecule has 1 fully saturated rings. The smallest absolute Gasteiger partial charge is 0.135 e. The molecule has 21 heavy (non-hydrogen) atoms. The molecule has 0 unspecified atom stereocenters. The average molecular weight is 346 g/mol. The highest BCUT2D eigenvalue weighted by Crippen LogP contribution is 2.39. The highest BCUT2D eigenvalue weighted by Gasteiger charge is 2.27. The minimum atomic E-state index is 0.555. The first-order valence-electron chi connectivity index (χ1n) is 7.65. The normalized spacial score (nSPS) is 14.2. The number of hydrogen-bond acceptors (Lipinski definition) is 3. The van der Waals surface area contributed by atoms with Gasteiger partial charge in [-0.25, -0.2) is 9.97 Å². The van der Waals surface area contributed by atoms with E-state index in [1.54, 1.807) is 0 Å². The van der Waals surface area contributed by atoms with E-state index in [9.17, 15) is 0 Å². The fraction of sp³-hybridized carbons (Fsp3) is 0.412. The van der Waals surface area contributed by atoms with Crippen LogP contribution in [-0.2, 0) is 6.42 Å². The molecule has 1 aromatic carbocycles. The molecule has 1 saturated carbocycles. The fourth-order valence-corrected chi connectivity index (χ4v) is 2.71. The Morgan fingerprint density at radius 2 is 1.95 bits per heavy atom. The van der Waals surface area contributed by atoms with Crippen LogP contribution in [0.15, 0.2) is 34.9 Å². The van der Waals surface area contributed by atoms with Crippen LogP contribution >= 0.6 is 15.9 Å². The predicted molar refractivity (Wildman–Crippen MR) is 90.0 cm³/mol. The van der Waals surface area contributed by atoms with Crippen molar-refractivity contribution in [3.63, 3.8) is 0 Å². The number of nitrogens with one attached hydrogen (secondary N) is 1. The van der Waals surface area contributed by atoms with Crippen LogP contribution in [0.1, 0.15) is 49.9 Å². The van der Waals surface area contributed by atoms with Gasteiger partial charge in [0.2, 0.25) is 0 Å². The lowest BCUT2D eigenvalue weighted by molar-refractivity contribution is 0.795. The molecule has 0 amide bonds. The van der Waals surface area contributed by atoms with Crippen molar-refractivity contribution >= 4 is 27.4 Å². The maximum absolute atomic E-state index is 4.61. The van der Waals surface area contributed by atoms with Crippen molar-refractivity contribution in [3.05, 3.63) is 46.3 Å². The number of anilines is 2. The van der Waals surface area contributed by atoms with Gasteiger partial charge in [-0.05, 0) is 59.3 Å². The minimum absolute atomic E-state index is 0.555. The molecule has 3 rings (SSSR count). The fourth-order valence-electron chi connectivity index (χ4n) is 2.31. The van der Waals surface area contributed by atoms with Gasteiger partial charge in [-0.15, -0.1) is 0 Å². The quantitative estimate of drug-likeness (QED) is 0.730. The summed E-state index contributed by atoms with van der Waals surface area (Å²) in [5.74, 6) is 2.37. The van der Waals surface area contributed by atoms with Crippen molar-refractivity contribution in [2.45, 2.75) is 44.9 Å². The standard InChI is InChI=1S/C17H20BrN3/c1-2-3-4-12-5-9-14(10-6-12)19-16-11-15(18)20-17(21-16)13-7-8-13/h5-6,9-11,13H,2-4,7-8H2,1H3,(H,19,20,21). The Bertz CT molecular complexity index is 606. The molecular formula is C17H20BrN3. The molecule has 1 N–H and O–H groups in total. The number of aryl methyl sites for hydroxylation is 1. The van der Waals surface area contributed by atoms with Gasteiger partial charge >= 0.3 is 0 Å². The SMILES string of the molecule is CCCCc1ccc(Nc2cc(Br)nc(C3CC3)n2)cc1. The molecule has 1 aliphatic carbocycles. The number of benzene rings is 1. The van der Waals surface area contributed by atoms with E-state index >= 15 is 0 Å². The van der Waals surface area contributed by atoms with Crippen LogP contribution < -0.4 is 5.32 Å². The number of aromatic nitrogens is 2. The zero-order valence-corrected chi connectivity index (χ0v) is 13.9. The van der Waals surface area contributed by atoms with Crippen LogP contribution in [0.3, 0.4) is 0 Å². The second-order valence-corrected chi connectivity index (χ2v) is 6.45. The molecule has 0 spiro atoms. The second-order valence-electron chi connectivity index (χ2n) is 5.63. The van der Waals surface area contributed by atoms with Crippen molar-refractivity contribution in [1.29, 1.82) is 0 Å². The van der Waals surface area contributed by atoms with Crippen molar-refractivity contribution in [3.8, 4) is 0 Å². The number of halogens is 1. The summed E-state index contributed by atoms with van der Waals surface area (Å²) in [6, 6.07) is 10.6. The molecule has 110 valence electrons. The third-order valence-corrected chi connectivity index (χ3v) is 4.11. The molecule has 1 heterocycles. The van der Waals surface area contributed by atoms with Crippen LogP contribution in [0.2, 0.25) is 0 Å². The Kier molecular flexibility index (Phi) is 4.54. The molecule has 0 bridgehead atoms. The Labute approximate surface area is 134 Å². The Balaban J connectivity index is 1.70. The summed E-state index contributed by atoms with van der Waals surface area (Å²) in [6.07, 6.45) is 6.06. The predicted octanol–water partition coefficient (Wildman–Crippen LogP) is 5.20. The van der Waals surface area contributed by atoms with E-state index in [0.717, 1.165) is 28.4 Å². The minimum Gasteiger partial charge on any atom is -0.340 e. The highest BCUT2D eigenvalue weighted by molar-refractivity contribution is 9.10. The van der Waals surface area contributed by atoms with Gasteiger partial charge in [0.05, 0.1) is 0 Å². The van der Waals surface area contributed by atoms with Crippen LogP contribution in [0.5, 0.6) is 0 Å². The highest BCUT2D eigenvalue weighted by atomic mass is 79.9. The van der Waals surface area contributed by atoms with Crippen molar-refractivity contribution in [1.82, 2.24) is 9.97 Å². The molecule has 0 saturated heterocycles. The van der Waals surface area contributed by atoms with Crippen LogP contribution in [0, 0.1) is 0 Å². The van der Waals surface area contributed by atoms with Crippen molar-refractivity contribution < 1.29 is 0 Å². The molecule has 1 aliphatic rings. The Morgan fingerprint density at radius 3 is 2.62 bits per heavy atom. The summed E-state index contributed by atoms with van der Waals surface area (Å²) >= 11 is 3.47. The largest absolute Gasteiger partial charge is 0.340 e. The van der Waals surface area contributed by atoms with Gasteiger partial charge < -0.3 is 5.32 Å². The molecular weight excluding hydrogens is 326 g/mol. The summed E-state index contributed by atoms with van der Waals surface area (Å²) in [6.45, 7) is 2.22. The van der Waals surface area contributed by atoms with E-state index in [1.165, 1.54) is 31.2 Å². The lowest BCUT2D eigenvalue weighted by atomic mass is 10.1. The Hall–Kier alpha value is -1.42. The molecule has 0 aliphatic heterocycles. The summed E-state index contributed by atoms with van der Waals surface area (Å²) in [5.41, 5.74) is 2.47. The van der Waals surface area contributed by atoms with Gasteiger partial charge in [0.15, 0.2) is 0 Å². The Morgan fingerprint density at radius 1 is 1.19 bits per heavy atom. The van der Waals surface area contributed by atoms with E-state index in [2.05, 4.69) is 62.4 Å². The van der Waals surface area contributed by atoms with Gasteiger partial charge in [0, 0.05) is 17.7 Å². The zero-order valence-electron chi connectivity index (χ0n) is 12.3. The maximum Gasteiger partial charge on any atom is 0.135 e. The molecule has 0 atom stereocenters. The monoisotopic (exact) mass is 345 g/mol. The van der Waals surface area contributed by atoms with Gasteiger partial charge in [0.1, 0.15) is 16.2 Å². The number of hydrogen-bond donors (Lipinski definition) is 1. The summed E-state index contributed by atoms with van der Waals surface area (Å²) in [4.78, 5) is 9.06. The number of unbranched alkanes of at least 4 members (excludes halogenated alkanes) is 1. The van der Waals surface area contributed by atoms with E-state index < -0.39 is 0 Å². The lowest BCUT2D eigenvalue weighted by Crippen LogP contribution is -1.99. The molecule has 2 aromatic rings. The van der Waals surface area contributed by atoms with E-state index in [1.807, 2.05) is 6.07 Å². The van der Waals surface area contributed by atoms with Gasteiger partial charge in [-0.1, -0.05) is 25.5 Å². The maximum atomic E-state index is 4.61. The van der Waals surface area contributed by atoms with Crippen LogP contribution in [0.4, 0.5) is 11.5 Å². The first kappa shape index (κ1) is 14.5. The van der Waals surface area contributed by atoms with E-state index in [0.29, 0.717) is 5.92 Å². The first-order valence-corrected chi connectivity index (χ1v) is 8.44. The molecule has 1 aromatic heterocycles. The summed E-state index contributed by atoms with van der Waals surface area (Å²) < 4.78 is 0.849. The van der Waals surface area contributed by atoms with E-state index in [4.69, 9.17) is 0 Å². The topological polar surface area (TPSA) is 37.8 Å².